The van der Waals surface area contributed by atoms with Crippen molar-refractivity contribution in [3.8, 4) is 0 Å². The molecule has 0 aliphatic carbocycles. The van der Waals surface area contributed by atoms with Crippen molar-refractivity contribution < 1.29 is 9.90 Å². The van der Waals surface area contributed by atoms with E-state index in [1.54, 1.807) is 0 Å². The summed E-state index contributed by atoms with van der Waals surface area (Å²) in [4.78, 5) is 10.7. The zero-order valence-electron chi connectivity index (χ0n) is 15.0. The van der Waals surface area contributed by atoms with Gasteiger partial charge in [-0.1, -0.05) is 97.5 Å². The molecule has 0 fully saturated rings. The molecule has 0 heterocycles. The SMILES string of the molecule is C=C(CCCC(CC)CCCCCCCCCCC)C(=O)O. The topological polar surface area (TPSA) is 37.3 Å². The van der Waals surface area contributed by atoms with Crippen LogP contribution in [0.1, 0.15) is 104 Å². The van der Waals surface area contributed by atoms with Crippen LogP contribution in [0.3, 0.4) is 0 Å². The number of carboxylic acids is 1. The smallest absolute Gasteiger partial charge is 0.330 e. The summed E-state index contributed by atoms with van der Waals surface area (Å²) in [6.07, 6.45) is 17.8. The van der Waals surface area contributed by atoms with E-state index in [1.165, 1.54) is 70.6 Å². The van der Waals surface area contributed by atoms with Crippen molar-refractivity contribution in [2.75, 3.05) is 0 Å². The van der Waals surface area contributed by atoms with E-state index < -0.39 is 5.97 Å². The highest BCUT2D eigenvalue weighted by atomic mass is 16.4. The average Bonchev–Trinajstić information content (AvgIpc) is 2.51. The number of unbranched alkanes of at least 4 members (excludes halogenated alkanes) is 8. The Labute approximate surface area is 138 Å². The van der Waals surface area contributed by atoms with Gasteiger partial charge in [-0.3, -0.25) is 0 Å². The van der Waals surface area contributed by atoms with Gasteiger partial charge in [0.1, 0.15) is 0 Å². The summed E-state index contributed by atoms with van der Waals surface area (Å²) in [5.41, 5.74) is 0.359. The number of rotatable bonds is 16. The molecule has 2 nitrogen and oxygen atoms in total. The fourth-order valence-electron chi connectivity index (χ4n) is 3.01. The van der Waals surface area contributed by atoms with Crippen molar-refractivity contribution >= 4 is 5.97 Å². The van der Waals surface area contributed by atoms with Crippen LogP contribution in [-0.4, -0.2) is 11.1 Å². The molecule has 130 valence electrons. The lowest BCUT2D eigenvalue weighted by molar-refractivity contribution is -0.132. The summed E-state index contributed by atoms with van der Waals surface area (Å²) in [5, 5.41) is 8.80. The Morgan fingerprint density at radius 1 is 0.864 bits per heavy atom. The minimum Gasteiger partial charge on any atom is -0.478 e. The molecule has 0 spiro atoms. The lowest BCUT2D eigenvalue weighted by Gasteiger charge is -2.14. The summed E-state index contributed by atoms with van der Waals surface area (Å²) in [6, 6.07) is 0. The normalized spacial score (nSPS) is 12.3. The molecule has 0 bridgehead atoms. The van der Waals surface area contributed by atoms with Gasteiger partial charge in [0.2, 0.25) is 0 Å². The molecule has 2 heteroatoms. The maximum atomic E-state index is 10.7. The van der Waals surface area contributed by atoms with Gasteiger partial charge in [0.15, 0.2) is 0 Å². The van der Waals surface area contributed by atoms with Crippen LogP contribution in [0.25, 0.3) is 0 Å². The maximum Gasteiger partial charge on any atom is 0.330 e. The van der Waals surface area contributed by atoms with Gasteiger partial charge in [-0.15, -0.1) is 0 Å². The number of carboxylic acid groups (broad SMARTS) is 1. The minimum atomic E-state index is -0.841. The van der Waals surface area contributed by atoms with Crippen LogP contribution < -0.4 is 0 Å². The Balaban J connectivity index is 3.46. The first kappa shape index (κ1) is 21.2. The van der Waals surface area contributed by atoms with Gasteiger partial charge < -0.3 is 5.11 Å². The Hall–Kier alpha value is -0.790. The molecule has 22 heavy (non-hydrogen) atoms. The predicted octanol–water partition coefficient (Wildman–Crippen LogP) is 6.74. The van der Waals surface area contributed by atoms with Crippen LogP contribution in [0, 0.1) is 5.92 Å². The average molecular weight is 311 g/mol. The standard InChI is InChI=1S/C20H38O2/c1-4-6-7-8-9-10-11-12-13-16-19(5-2)17-14-15-18(3)20(21)22/h19H,3-17H2,1-2H3,(H,21,22). The molecular formula is C20H38O2. The van der Waals surface area contributed by atoms with Gasteiger partial charge in [0.05, 0.1) is 0 Å². The van der Waals surface area contributed by atoms with Crippen LogP contribution in [0.15, 0.2) is 12.2 Å². The predicted molar refractivity (Wildman–Crippen MR) is 96.3 cm³/mol. The number of hydrogen-bond acceptors (Lipinski definition) is 1. The molecule has 0 aliphatic heterocycles. The monoisotopic (exact) mass is 310 g/mol. The van der Waals surface area contributed by atoms with Crippen LogP contribution in [0.4, 0.5) is 0 Å². The second-order valence-electron chi connectivity index (χ2n) is 6.69. The molecular weight excluding hydrogens is 272 g/mol. The van der Waals surface area contributed by atoms with Crippen LogP contribution in [0.2, 0.25) is 0 Å². The molecule has 1 N–H and O–H groups in total. The van der Waals surface area contributed by atoms with Crippen molar-refractivity contribution in [2.24, 2.45) is 5.92 Å². The third-order valence-corrected chi connectivity index (χ3v) is 4.69. The summed E-state index contributed by atoms with van der Waals surface area (Å²) in [6.45, 7) is 8.12. The van der Waals surface area contributed by atoms with E-state index in [-0.39, 0.29) is 0 Å². The van der Waals surface area contributed by atoms with Crippen molar-refractivity contribution in [3.63, 3.8) is 0 Å². The Morgan fingerprint density at radius 2 is 1.36 bits per heavy atom. The number of aliphatic carboxylic acids is 1. The lowest BCUT2D eigenvalue weighted by atomic mass is 9.92. The van der Waals surface area contributed by atoms with E-state index in [4.69, 9.17) is 5.11 Å². The van der Waals surface area contributed by atoms with E-state index in [2.05, 4.69) is 20.4 Å². The molecule has 0 rings (SSSR count). The Kier molecular flexibility index (Phi) is 14.6. The van der Waals surface area contributed by atoms with E-state index in [0.717, 1.165) is 18.8 Å². The van der Waals surface area contributed by atoms with Crippen LogP contribution >= 0.6 is 0 Å². The van der Waals surface area contributed by atoms with Crippen LogP contribution in [0.5, 0.6) is 0 Å². The zero-order valence-corrected chi connectivity index (χ0v) is 15.0. The summed E-state index contributed by atoms with van der Waals surface area (Å²) >= 11 is 0. The number of carbonyl (C=O) groups is 1. The quantitative estimate of drug-likeness (QED) is 0.253. The van der Waals surface area contributed by atoms with Crippen molar-refractivity contribution in [1.29, 1.82) is 0 Å². The second-order valence-corrected chi connectivity index (χ2v) is 6.69. The Morgan fingerprint density at radius 3 is 1.86 bits per heavy atom. The second kappa shape index (κ2) is 15.1. The summed E-state index contributed by atoms with van der Waals surface area (Å²) in [7, 11) is 0. The fraction of sp³-hybridized carbons (Fsp3) is 0.850. The molecule has 0 aliphatic rings. The highest BCUT2D eigenvalue weighted by Gasteiger charge is 2.08. The lowest BCUT2D eigenvalue weighted by Crippen LogP contribution is -2.02. The number of hydrogen-bond donors (Lipinski definition) is 1. The summed E-state index contributed by atoms with van der Waals surface area (Å²) < 4.78 is 0. The van der Waals surface area contributed by atoms with Gasteiger partial charge >= 0.3 is 5.97 Å². The van der Waals surface area contributed by atoms with E-state index in [0.29, 0.717) is 12.0 Å². The molecule has 0 radical (unpaired) electrons. The van der Waals surface area contributed by atoms with E-state index in [1.807, 2.05) is 0 Å². The zero-order chi connectivity index (χ0) is 16.6. The van der Waals surface area contributed by atoms with E-state index >= 15 is 0 Å². The van der Waals surface area contributed by atoms with Gasteiger partial charge in [-0.2, -0.15) is 0 Å². The van der Waals surface area contributed by atoms with Gasteiger partial charge in [0.25, 0.3) is 0 Å². The van der Waals surface area contributed by atoms with Gasteiger partial charge in [-0.25, -0.2) is 4.79 Å². The summed E-state index contributed by atoms with van der Waals surface area (Å²) in [5.74, 6) is -0.0712. The third kappa shape index (κ3) is 12.9. The van der Waals surface area contributed by atoms with Crippen LogP contribution in [-0.2, 0) is 4.79 Å². The molecule has 0 amide bonds. The molecule has 0 saturated carbocycles. The first-order valence-electron chi connectivity index (χ1n) is 9.52. The Bertz CT molecular complexity index is 283. The molecule has 1 atom stereocenters. The maximum absolute atomic E-state index is 10.7. The molecule has 0 saturated heterocycles. The van der Waals surface area contributed by atoms with Crippen molar-refractivity contribution in [1.82, 2.24) is 0 Å². The largest absolute Gasteiger partial charge is 0.478 e. The molecule has 1 unspecified atom stereocenters. The highest BCUT2D eigenvalue weighted by molar-refractivity contribution is 5.85. The fourth-order valence-corrected chi connectivity index (χ4v) is 3.01. The van der Waals surface area contributed by atoms with Crippen molar-refractivity contribution in [2.45, 2.75) is 104 Å². The van der Waals surface area contributed by atoms with Gasteiger partial charge in [0, 0.05) is 5.57 Å². The third-order valence-electron chi connectivity index (χ3n) is 4.69. The first-order valence-corrected chi connectivity index (χ1v) is 9.52. The van der Waals surface area contributed by atoms with Crippen molar-refractivity contribution in [3.05, 3.63) is 12.2 Å². The molecule has 0 aromatic carbocycles. The minimum absolute atomic E-state index is 0.359. The first-order chi connectivity index (χ1) is 10.6. The van der Waals surface area contributed by atoms with Gasteiger partial charge in [-0.05, 0) is 18.8 Å². The molecule has 0 aromatic heterocycles. The van der Waals surface area contributed by atoms with E-state index in [9.17, 15) is 4.79 Å². The highest BCUT2D eigenvalue weighted by Crippen LogP contribution is 2.21. The molecule has 0 aromatic rings.